The van der Waals surface area contributed by atoms with Crippen LogP contribution in [-0.2, 0) is 16.1 Å². The zero-order valence-electron chi connectivity index (χ0n) is 7.42. The van der Waals surface area contributed by atoms with E-state index < -0.39 is 9.73 Å². The van der Waals surface area contributed by atoms with Gasteiger partial charge in [-0.15, -0.1) is 0 Å². The maximum absolute atomic E-state index is 11.1. The number of rotatable bonds is 3. The largest absolute Gasteiger partial charge is 0.253 e. The van der Waals surface area contributed by atoms with Crippen LogP contribution in [0, 0.1) is 4.78 Å². The smallest absolute Gasteiger partial charge is 0.0415 e. The minimum Gasteiger partial charge on any atom is -0.253 e. The third-order valence-corrected chi connectivity index (χ3v) is 3.15. The van der Waals surface area contributed by atoms with Crippen molar-refractivity contribution in [2.75, 3.05) is 12.0 Å². The van der Waals surface area contributed by atoms with Gasteiger partial charge in [0, 0.05) is 26.2 Å². The highest BCUT2D eigenvalue weighted by molar-refractivity contribution is 9.10. The second-order valence-electron chi connectivity index (χ2n) is 3.09. The van der Waals surface area contributed by atoms with Gasteiger partial charge in [-0.3, -0.25) is 8.99 Å². The van der Waals surface area contributed by atoms with E-state index in [0.29, 0.717) is 12.2 Å². The molecule has 0 fully saturated rings. The molecule has 0 aliphatic rings. The van der Waals surface area contributed by atoms with Crippen LogP contribution in [0.5, 0.6) is 0 Å². The van der Waals surface area contributed by atoms with Crippen molar-refractivity contribution >= 4 is 25.7 Å². The van der Waals surface area contributed by atoms with E-state index in [1.165, 1.54) is 6.26 Å². The molecule has 4 heteroatoms. The van der Waals surface area contributed by atoms with Crippen LogP contribution in [0.15, 0.2) is 28.7 Å². The molecule has 0 saturated carbocycles. The van der Waals surface area contributed by atoms with E-state index in [-0.39, 0.29) is 0 Å². The Labute approximate surface area is 87.5 Å². The van der Waals surface area contributed by atoms with Crippen molar-refractivity contribution in [1.29, 1.82) is 4.78 Å². The summed E-state index contributed by atoms with van der Waals surface area (Å²) in [5.41, 5.74) is 1.12. The van der Waals surface area contributed by atoms with E-state index in [2.05, 4.69) is 15.9 Å². The average Bonchev–Trinajstić information content (AvgIpc) is 2.00. The molecule has 0 saturated heterocycles. The van der Waals surface area contributed by atoms with Crippen molar-refractivity contribution in [3.63, 3.8) is 0 Å². The minimum absolute atomic E-state index is 0.434. The number of hydrogen-bond acceptors (Lipinski definition) is 2. The predicted molar refractivity (Wildman–Crippen MR) is 59.5 cm³/mol. The van der Waals surface area contributed by atoms with Gasteiger partial charge in [0.15, 0.2) is 0 Å². The summed E-state index contributed by atoms with van der Waals surface area (Å²) in [5, 5.41) is 0. The molecule has 1 aromatic rings. The summed E-state index contributed by atoms with van der Waals surface area (Å²) in [4.78, 5) is 0. The first kappa shape index (κ1) is 10.7. The summed E-state index contributed by atoms with van der Waals surface area (Å²) in [5.74, 6) is 0.434. The van der Waals surface area contributed by atoms with Crippen molar-refractivity contribution in [3.8, 4) is 0 Å². The van der Waals surface area contributed by atoms with Gasteiger partial charge in [0.2, 0.25) is 0 Å². The Bertz CT molecular complexity index is 386. The first-order chi connectivity index (χ1) is 5.97. The maximum atomic E-state index is 11.1. The fourth-order valence-electron chi connectivity index (χ4n) is 1.01. The zero-order chi connectivity index (χ0) is 9.90. The zero-order valence-corrected chi connectivity index (χ0v) is 9.82. The van der Waals surface area contributed by atoms with Crippen molar-refractivity contribution in [2.24, 2.45) is 0 Å². The summed E-state index contributed by atoms with van der Waals surface area (Å²) in [7, 11) is -2.35. The van der Waals surface area contributed by atoms with E-state index in [1.807, 2.05) is 24.3 Å². The first-order valence-electron chi connectivity index (χ1n) is 3.93. The lowest BCUT2D eigenvalue weighted by Gasteiger charge is -2.01. The molecule has 2 nitrogen and oxygen atoms in total. The lowest BCUT2D eigenvalue weighted by atomic mass is 10.2. The summed E-state index contributed by atoms with van der Waals surface area (Å²) < 4.78 is 19.4. The van der Waals surface area contributed by atoms with Gasteiger partial charge in [0.05, 0.1) is 0 Å². The van der Waals surface area contributed by atoms with Gasteiger partial charge in [-0.25, -0.2) is 0 Å². The number of benzene rings is 1. The number of hydrogen-bond donors (Lipinski definition) is 1. The van der Waals surface area contributed by atoms with Crippen LogP contribution in [0.3, 0.4) is 0 Å². The summed E-state index contributed by atoms with van der Waals surface area (Å²) in [6, 6.07) is 7.87. The molecule has 72 valence electrons. The summed E-state index contributed by atoms with van der Waals surface area (Å²) in [6.07, 6.45) is 2.18. The molecule has 0 amide bonds. The fourth-order valence-corrected chi connectivity index (χ4v) is 2.08. The van der Waals surface area contributed by atoms with Gasteiger partial charge in [-0.1, -0.05) is 28.1 Å². The number of nitrogens with one attached hydrogen (secondary N) is 1. The fraction of sp³-hybridized carbons (Fsp3) is 0.333. The molecule has 0 radical (unpaired) electrons. The molecule has 1 rings (SSSR count). The number of aryl methyl sites for hydroxylation is 1. The van der Waals surface area contributed by atoms with Crippen LogP contribution >= 0.6 is 15.9 Å². The summed E-state index contributed by atoms with van der Waals surface area (Å²) >= 11 is 3.36. The normalized spacial score (nSPS) is 15.2. The standard InChI is InChI=1S/C9H12BrNOS/c1-13(11,12)6-5-8-3-2-4-9(10)7-8/h2-4,7,11H,5-6H2,1H3. The molecule has 0 aliphatic heterocycles. The minimum atomic E-state index is -2.35. The van der Waals surface area contributed by atoms with Gasteiger partial charge in [0.1, 0.15) is 0 Å². The van der Waals surface area contributed by atoms with Gasteiger partial charge in [-0.05, 0) is 24.1 Å². The van der Waals surface area contributed by atoms with E-state index in [0.717, 1.165) is 10.0 Å². The second-order valence-corrected chi connectivity index (χ2v) is 6.42. The predicted octanol–water partition coefficient (Wildman–Crippen LogP) is 2.67. The molecule has 1 unspecified atom stereocenters. The molecule has 1 aromatic carbocycles. The highest BCUT2D eigenvalue weighted by Crippen LogP contribution is 2.12. The van der Waals surface area contributed by atoms with Gasteiger partial charge in [0.25, 0.3) is 0 Å². The van der Waals surface area contributed by atoms with E-state index in [9.17, 15) is 4.21 Å². The highest BCUT2D eigenvalue weighted by Gasteiger charge is 1.99. The van der Waals surface area contributed by atoms with Crippen molar-refractivity contribution in [3.05, 3.63) is 34.3 Å². The monoisotopic (exact) mass is 261 g/mol. The highest BCUT2D eigenvalue weighted by atomic mass is 79.9. The quantitative estimate of drug-likeness (QED) is 0.893. The Morgan fingerprint density at radius 1 is 1.54 bits per heavy atom. The van der Waals surface area contributed by atoms with Crippen LogP contribution in [0.2, 0.25) is 0 Å². The second kappa shape index (κ2) is 4.24. The molecule has 0 heterocycles. The van der Waals surface area contributed by atoms with Gasteiger partial charge >= 0.3 is 0 Å². The molecule has 0 bridgehead atoms. The average molecular weight is 262 g/mol. The molecule has 1 atom stereocenters. The SMILES string of the molecule is CS(=N)(=O)CCc1cccc(Br)c1. The molecule has 1 N–H and O–H groups in total. The van der Waals surface area contributed by atoms with E-state index in [4.69, 9.17) is 4.78 Å². The molecule has 0 aromatic heterocycles. The molecule has 0 aliphatic carbocycles. The third kappa shape index (κ3) is 4.43. The molecule has 0 spiro atoms. The van der Waals surface area contributed by atoms with E-state index in [1.54, 1.807) is 0 Å². The molecule has 13 heavy (non-hydrogen) atoms. The molecular weight excluding hydrogens is 250 g/mol. The summed E-state index contributed by atoms with van der Waals surface area (Å²) in [6.45, 7) is 0. The topological polar surface area (TPSA) is 40.9 Å². The van der Waals surface area contributed by atoms with Crippen LogP contribution in [0.1, 0.15) is 5.56 Å². The first-order valence-corrected chi connectivity index (χ1v) is 6.86. The number of halogens is 1. The van der Waals surface area contributed by atoms with Crippen molar-refractivity contribution in [1.82, 2.24) is 0 Å². The van der Waals surface area contributed by atoms with Gasteiger partial charge < -0.3 is 0 Å². The maximum Gasteiger partial charge on any atom is 0.0415 e. The molecular formula is C9H12BrNOS. The van der Waals surface area contributed by atoms with Crippen LogP contribution in [-0.4, -0.2) is 16.2 Å². The Morgan fingerprint density at radius 2 is 2.23 bits per heavy atom. The van der Waals surface area contributed by atoms with Crippen molar-refractivity contribution in [2.45, 2.75) is 6.42 Å². The van der Waals surface area contributed by atoms with Crippen LogP contribution in [0.25, 0.3) is 0 Å². The van der Waals surface area contributed by atoms with E-state index >= 15 is 0 Å². The third-order valence-electron chi connectivity index (χ3n) is 1.67. The Hall–Kier alpha value is -0.350. The van der Waals surface area contributed by atoms with Gasteiger partial charge in [-0.2, -0.15) is 0 Å². The Morgan fingerprint density at radius 3 is 2.77 bits per heavy atom. The Balaban J connectivity index is 2.65. The van der Waals surface area contributed by atoms with Crippen LogP contribution < -0.4 is 0 Å². The van der Waals surface area contributed by atoms with Crippen LogP contribution in [0.4, 0.5) is 0 Å². The lowest BCUT2D eigenvalue weighted by molar-refractivity contribution is 0.678. The van der Waals surface area contributed by atoms with Crippen molar-refractivity contribution < 1.29 is 4.21 Å². The lowest BCUT2D eigenvalue weighted by Crippen LogP contribution is -2.03. The Kier molecular flexibility index (Phi) is 3.50.